The molecule has 12 heteroatoms. The Bertz CT molecular complexity index is 1390. The first-order valence-corrected chi connectivity index (χ1v) is 14.4. The summed E-state index contributed by atoms with van der Waals surface area (Å²) in [5.74, 6) is -6.55. The van der Waals surface area contributed by atoms with E-state index in [9.17, 15) is 34.8 Å². The lowest BCUT2D eigenvalue weighted by molar-refractivity contribution is -0.153. The molecule has 1 aromatic rings. The lowest BCUT2D eigenvalue weighted by Crippen LogP contribution is -2.65. The van der Waals surface area contributed by atoms with Crippen molar-refractivity contribution in [2.24, 2.45) is 17.6 Å². The van der Waals surface area contributed by atoms with E-state index in [1.165, 1.54) is 17.7 Å². The molecule has 0 spiro atoms. The van der Waals surface area contributed by atoms with E-state index in [4.69, 9.17) is 5.73 Å². The number of nitrogens with one attached hydrogen (secondary N) is 1. The number of phenols is 1. The van der Waals surface area contributed by atoms with Crippen LogP contribution in [0.3, 0.4) is 0 Å². The van der Waals surface area contributed by atoms with Crippen LogP contribution >= 0.6 is 0 Å². The number of carbonyl (C=O) groups excluding carboxylic acids is 3. The second-order valence-electron chi connectivity index (χ2n) is 12.3. The van der Waals surface area contributed by atoms with Crippen LogP contribution < -0.4 is 16.0 Å². The largest absolute Gasteiger partial charge is 0.508 e. The fourth-order valence-electron chi connectivity index (χ4n) is 7.53. The van der Waals surface area contributed by atoms with Gasteiger partial charge in [-0.25, -0.2) is 0 Å². The van der Waals surface area contributed by atoms with Gasteiger partial charge in [0.15, 0.2) is 11.4 Å². The normalized spacial score (nSPS) is 27.8. The summed E-state index contributed by atoms with van der Waals surface area (Å²) in [5, 5.41) is 48.9. The highest BCUT2D eigenvalue weighted by molar-refractivity contribution is 6.24. The highest BCUT2D eigenvalue weighted by Gasteiger charge is 2.64. The summed E-state index contributed by atoms with van der Waals surface area (Å²) in [4.78, 5) is 45.3. The standard InChI is InChI=1S/C30H41N5O7/c1-33(2)23-16(14-32-7-10-35-8-5-6-9-35)13-19(36)21-17(23)11-15-12-18-24(34(3)4)26(38)22(29(31)41)28(40)30(18,42)27(39)20(15)25(21)37/h13,15,18,24,32,36-37,40,42H,5-12,14H2,1-4H3,(H2,31,41)/t15-,18-,24-,30-/m0/s1. The first-order chi connectivity index (χ1) is 19.8. The van der Waals surface area contributed by atoms with E-state index in [1.807, 2.05) is 19.0 Å². The molecular formula is C30H41N5O7. The number of hydrogen-bond donors (Lipinski definition) is 6. The van der Waals surface area contributed by atoms with E-state index >= 15 is 0 Å². The van der Waals surface area contributed by atoms with Crippen molar-refractivity contribution in [2.75, 3.05) is 59.3 Å². The molecule has 7 N–H and O–H groups in total. The van der Waals surface area contributed by atoms with Gasteiger partial charge in [-0.2, -0.15) is 0 Å². The predicted octanol–water partition coefficient (Wildman–Crippen LogP) is 0.215. The van der Waals surface area contributed by atoms with Gasteiger partial charge in [-0.1, -0.05) is 0 Å². The highest BCUT2D eigenvalue weighted by atomic mass is 16.3. The Labute approximate surface area is 245 Å². The second-order valence-corrected chi connectivity index (χ2v) is 12.3. The molecule has 1 aromatic carbocycles. The molecule has 228 valence electrons. The number of carbonyl (C=O) groups is 3. The van der Waals surface area contributed by atoms with Gasteiger partial charge in [0.2, 0.25) is 5.78 Å². The molecule has 0 radical (unpaired) electrons. The van der Waals surface area contributed by atoms with E-state index in [2.05, 4.69) is 10.2 Å². The monoisotopic (exact) mass is 583 g/mol. The molecule has 3 aliphatic carbocycles. The van der Waals surface area contributed by atoms with E-state index in [0.717, 1.165) is 37.4 Å². The van der Waals surface area contributed by atoms with Crippen LogP contribution in [-0.2, 0) is 27.3 Å². The molecule has 12 nitrogen and oxygen atoms in total. The van der Waals surface area contributed by atoms with Crippen molar-refractivity contribution in [1.29, 1.82) is 0 Å². The summed E-state index contributed by atoms with van der Waals surface area (Å²) in [6.45, 7) is 4.40. The van der Waals surface area contributed by atoms with Crippen LogP contribution in [0.1, 0.15) is 36.0 Å². The summed E-state index contributed by atoms with van der Waals surface area (Å²) in [6, 6.07) is 0.457. The number of aromatic hydroxyl groups is 1. The first kappa shape index (κ1) is 30.0. The number of anilines is 1. The molecule has 2 fully saturated rings. The molecular weight excluding hydrogens is 542 g/mol. The minimum atomic E-state index is -2.65. The van der Waals surface area contributed by atoms with E-state index in [0.29, 0.717) is 12.1 Å². The van der Waals surface area contributed by atoms with Gasteiger partial charge in [0.05, 0.1) is 11.6 Å². The van der Waals surface area contributed by atoms with Gasteiger partial charge in [-0.05, 0) is 76.0 Å². The number of aliphatic hydroxyl groups is 3. The molecule has 1 aliphatic heterocycles. The average Bonchev–Trinajstić information content (AvgIpc) is 3.41. The van der Waals surface area contributed by atoms with Crippen molar-refractivity contribution in [1.82, 2.24) is 15.1 Å². The Hall–Kier alpha value is -3.45. The van der Waals surface area contributed by atoms with Gasteiger partial charge in [0, 0.05) is 50.9 Å². The van der Waals surface area contributed by atoms with Gasteiger partial charge in [0.25, 0.3) is 5.91 Å². The number of nitrogens with two attached hydrogens (primary N) is 1. The fourth-order valence-corrected chi connectivity index (χ4v) is 7.53. The first-order valence-electron chi connectivity index (χ1n) is 14.4. The summed E-state index contributed by atoms with van der Waals surface area (Å²) in [6.07, 6.45) is 2.74. The SMILES string of the molecule is CN(C)c1c(CNCCN2CCCC2)cc(O)c2c1C[C@H]1C[C@H]3[C@H](N(C)C)C(=O)C(C(N)=O)=C(O)[C@@]3(O)C(=O)C1=C2O. The minimum absolute atomic E-state index is 0.0533. The zero-order valence-corrected chi connectivity index (χ0v) is 24.6. The van der Waals surface area contributed by atoms with Crippen LogP contribution in [0.15, 0.2) is 23.0 Å². The molecule has 4 atom stereocenters. The maximum Gasteiger partial charge on any atom is 0.255 e. The number of Topliss-reactive ketones (excluding diaryl/α,β-unsaturated/α-hetero) is 2. The van der Waals surface area contributed by atoms with Crippen molar-refractivity contribution >= 4 is 28.9 Å². The van der Waals surface area contributed by atoms with Crippen molar-refractivity contribution < 1.29 is 34.8 Å². The number of benzene rings is 1. The Morgan fingerprint density at radius 3 is 2.40 bits per heavy atom. The van der Waals surface area contributed by atoms with Crippen LogP contribution in [0.4, 0.5) is 5.69 Å². The smallest absolute Gasteiger partial charge is 0.255 e. The molecule has 1 saturated heterocycles. The fraction of sp³-hybridized carbons (Fsp3) is 0.567. The van der Waals surface area contributed by atoms with Crippen molar-refractivity contribution in [3.05, 3.63) is 39.7 Å². The van der Waals surface area contributed by atoms with Gasteiger partial charge in [-0.3, -0.25) is 19.3 Å². The topological polar surface area (TPSA) is 180 Å². The summed E-state index contributed by atoms with van der Waals surface area (Å²) < 4.78 is 0. The van der Waals surface area contributed by atoms with Gasteiger partial charge >= 0.3 is 0 Å². The Balaban J connectivity index is 1.57. The van der Waals surface area contributed by atoms with E-state index < -0.39 is 58.0 Å². The molecule has 0 bridgehead atoms. The summed E-state index contributed by atoms with van der Waals surface area (Å²) >= 11 is 0. The number of likely N-dealkylation sites (tertiary alicyclic amines) is 1. The number of likely N-dealkylation sites (N-methyl/N-ethyl adjacent to an activating group) is 1. The number of ketones is 2. The number of fused-ring (bicyclic) bond motifs is 3. The second kappa shape index (κ2) is 11.0. The van der Waals surface area contributed by atoms with Crippen LogP contribution in [0.25, 0.3) is 5.76 Å². The molecule has 1 heterocycles. The molecule has 42 heavy (non-hydrogen) atoms. The third kappa shape index (κ3) is 4.57. The molecule has 4 aliphatic rings. The van der Waals surface area contributed by atoms with Crippen molar-refractivity contribution in [2.45, 2.75) is 43.9 Å². The summed E-state index contributed by atoms with van der Waals surface area (Å²) in [5.41, 5.74) is 4.15. The van der Waals surface area contributed by atoms with E-state index in [-0.39, 0.29) is 29.7 Å². The van der Waals surface area contributed by atoms with Gasteiger partial charge < -0.3 is 41.3 Å². The van der Waals surface area contributed by atoms with Crippen LogP contribution in [0.5, 0.6) is 5.75 Å². The number of aliphatic hydroxyl groups excluding tert-OH is 2. The molecule has 1 saturated carbocycles. The molecule has 0 aromatic heterocycles. The molecule has 1 amide bonds. The molecule has 0 unspecified atom stereocenters. The van der Waals surface area contributed by atoms with Crippen LogP contribution in [0, 0.1) is 11.8 Å². The molecule has 5 rings (SSSR count). The van der Waals surface area contributed by atoms with E-state index in [1.54, 1.807) is 20.2 Å². The van der Waals surface area contributed by atoms with Crippen molar-refractivity contribution in [3.8, 4) is 5.75 Å². The average molecular weight is 584 g/mol. The Morgan fingerprint density at radius 2 is 1.81 bits per heavy atom. The number of phenolic OH excluding ortho intramolecular Hbond substituents is 1. The predicted molar refractivity (Wildman–Crippen MR) is 156 cm³/mol. The number of rotatable bonds is 8. The zero-order valence-electron chi connectivity index (χ0n) is 24.6. The summed E-state index contributed by atoms with van der Waals surface area (Å²) in [7, 11) is 6.91. The zero-order chi connectivity index (χ0) is 30.7. The highest BCUT2D eigenvalue weighted by Crippen LogP contribution is 2.54. The Morgan fingerprint density at radius 1 is 1.14 bits per heavy atom. The quantitative estimate of drug-likeness (QED) is 0.182. The van der Waals surface area contributed by atoms with Crippen molar-refractivity contribution in [3.63, 3.8) is 0 Å². The Kier molecular flexibility index (Phi) is 7.86. The maximum atomic E-state index is 14.0. The van der Waals surface area contributed by atoms with Gasteiger partial charge in [-0.15, -0.1) is 0 Å². The van der Waals surface area contributed by atoms with Crippen LogP contribution in [-0.4, -0.2) is 114 Å². The van der Waals surface area contributed by atoms with Gasteiger partial charge in [0.1, 0.15) is 22.8 Å². The lowest BCUT2D eigenvalue weighted by atomic mass is 9.57. The number of hydrogen-bond acceptors (Lipinski definition) is 11. The number of amides is 1. The lowest BCUT2D eigenvalue weighted by Gasteiger charge is -2.50. The maximum absolute atomic E-state index is 14.0. The number of primary amides is 1. The van der Waals surface area contributed by atoms with Crippen LogP contribution in [0.2, 0.25) is 0 Å². The minimum Gasteiger partial charge on any atom is -0.508 e. The third-order valence-electron chi connectivity index (χ3n) is 9.34. The third-order valence-corrected chi connectivity index (χ3v) is 9.34. The number of nitrogens with zero attached hydrogens (tertiary/aromatic N) is 3.